The molecule has 0 unspecified atom stereocenters. The second-order valence-electron chi connectivity index (χ2n) is 6.34. The molecule has 0 saturated carbocycles. The number of rotatable bonds is 7. The standard InChI is InChI=1S/C22H20FN3O4S/c1-13(27)24-15-6-8-17(18(23)10-15)19-12-31-22(25-19)26-21(28)9-5-14-4-7-16(29-2)11-20(14)30-3/h4-12H,1-3H3,(H,24,27)(H,25,26,28)/b9-5+. The second-order valence-corrected chi connectivity index (χ2v) is 7.20. The number of aromatic nitrogens is 1. The Hall–Kier alpha value is -3.72. The molecule has 160 valence electrons. The maximum Gasteiger partial charge on any atom is 0.250 e. The molecule has 31 heavy (non-hydrogen) atoms. The van der Waals surface area contributed by atoms with Crippen LogP contribution in [0.25, 0.3) is 17.3 Å². The lowest BCUT2D eigenvalue weighted by atomic mass is 10.1. The van der Waals surface area contributed by atoms with Gasteiger partial charge >= 0.3 is 0 Å². The molecule has 2 N–H and O–H groups in total. The normalized spacial score (nSPS) is 10.7. The van der Waals surface area contributed by atoms with E-state index in [0.29, 0.717) is 33.6 Å². The molecule has 3 rings (SSSR count). The molecule has 2 aromatic carbocycles. The predicted octanol–water partition coefficient (Wildman–Crippen LogP) is 4.58. The number of carbonyl (C=O) groups excluding carboxylic acids is 2. The van der Waals surface area contributed by atoms with Crippen molar-refractivity contribution in [3.05, 3.63) is 59.2 Å². The summed E-state index contributed by atoms with van der Waals surface area (Å²) in [5.41, 5.74) is 1.72. The Morgan fingerprint density at radius 1 is 1.10 bits per heavy atom. The molecule has 9 heteroatoms. The lowest BCUT2D eigenvalue weighted by Crippen LogP contribution is -2.07. The van der Waals surface area contributed by atoms with E-state index in [1.807, 2.05) is 0 Å². The fraction of sp³-hybridized carbons (Fsp3) is 0.136. The zero-order valence-electron chi connectivity index (χ0n) is 17.1. The molecule has 0 aliphatic rings. The topological polar surface area (TPSA) is 89.5 Å². The fourth-order valence-electron chi connectivity index (χ4n) is 2.73. The number of thiazole rings is 1. The van der Waals surface area contributed by atoms with Crippen molar-refractivity contribution in [1.29, 1.82) is 0 Å². The highest BCUT2D eigenvalue weighted by atomic mass is 32.1. The molecule has 2 amide bonds. The van der Waals surface area contributed by atoms with Crippen LogP contribution in [0.15, 0.2) is 47.9 Å². The summed E-state index contributed by atoms with van der Waals surface area (Å²) in [5.74, 6) is 0.0107. The summed E-state index contributed by atoms with van der Waals surface area (Å²) in [6.45, 7) is 1.35. The van der Waals surface area contributed by atoms with Gasteiger partial charge in [-0.25, -0.2) is 9.37 Å². The number of anilines is 2. The minimum absolute atomic E-state index is 0.268. The Balaban J connectivity index is 1.69. The highest BCUT2D eigenvalue weighted by molar-refractivity contribution is 7.14. The first-order valence-electron chi connectivity index (χ1n) is 9.13. The zero-order valence-corrected chi connectivity index (χ0v) is 17.9. The summed E-state index contributed by atoms with van der Waals surface area (Å²) in [7, 11) is 3.09. The molecule has 0 aliphatic heterocycles. The van der Waals surface area contributed by atoms with Crippen molar-refractivity contribution in [3.63, 3.8) is 0 Å². The van der Waals surface area contributed by atoms with Gasteiger partial charge < -0.3 is 14.8 Å². The number of hydrogen-bond donors (Lipinski definition) is 2. The first-order valence-corrected chi connectivity index (χ1v) is 10.0. The lowest BCUT2D eigenvalue weighted by molar-refractivity contribution is -0.114. The van der Waals surface area contributed by atoms with Gasteiger partial charge in [0.2, 0.25) is 11.8 Å². The number of nitrogens with one attached hydrogen (secondary N) is 2. The van der Waals surface area contributed by atoms with Crippen LogP contribution in [0, 0.1) is 5.82 Å². The minimum Gasteiger partial charge on any atom is -0.497 e. The van der Waals surface area contributed by atoms with Gasteiger partial charge in [0.1, 0.15) is 17.3 Å². The smallest absolute Gasteiger partial charge is 0.250 e. The molecule has 7 nitrogen and oxygen atoms in total. The highest BCUT2D eigenvalue weighted by Gasteiger charge is 2.12. The van der Waals surface area contributed by atoms with Gasteiger partial charge in [-0.3, -0.25) is 14.9 Å². The van der Waals surface area contributed by atoms with E-state index >= 15 is 0 Å². The van der Waals surface area contributed by atoms with E-state index in [0.717, 1.165) is 0 Å². The molecule has 1 aromatic heterocycles. The quantitative estimate of drug-likeness (QED) is 0.524. The van der Waals surface area contributed by atoms with Crippen LogP contribution >= 0.6 is 11.3 Å². The minimum atomic E-state index is -0.527. The maximum absolute atomic E-state index is 14.4. The molecule has 0 atom stereocenters. The molecule has 1 heterocycles. The van der Waals surface area contributed by atoms with Crippen LogP contribution in [0.2, 0.25) is 0 Å². The molecule has 0 fully saturated rings. The third-order valence-electron chi connectivity index (χ3n) is 4.15. The number of ether oxygens (including phenoxy) is 2. The Labute approximate surface area is 182 Å². The van der Waals surface area contributed by atoms with E-state index in [-0.39, 0.29) is 17.4 Å². The van der Waals surface area contributed by atoms with Crippen LogP contribution in [-0.2, 0) is 9.59 Å². The summed E-state index contributed by atoms with van der Waals surface area (Å²) >= 11 is 1.18. The van der Waals surface area contributed by atoms with E-state index in [1.54, 1.807) is 42.8 Å². The monoisotopic (exact) mass is 441 g/mol. The molecule has 0 spiro atoms. The summed E-state index contributed by atoms with van der Waals surface area (Å²) in [6, 6.07) is 9.59. The number of hydrogen-bond acceptors (Lipinski definition) is 6. The van der Waals surface area contributed by atoms with Gasteiger partial charge in [-0.2, -0.15) is 0 Å². The van der Waals surface area contributed by atoms with Crippen molar-refractivity contribution in [2.24, 2.45) is 0 Å². The molecular formula is C22H20FN3O4S. The molecule has 3 aromatic rings. The van der Waals surface area contributed by atoms with Crippen molar-refractivity contribution >= 4 is 40.0 Å². The van der Waals surface area contributed by atoms with Gasteiger partial charge in [-0.1, -0.05) is 0 Å². The Morgan fingerprint density at radius 3 is 2.58 bits per heavy atom. The van der Waals surface area contributed by atoms with Crippen molar-refractivity contribution in [1.82, 2.24) is 4.98 Å². The Morgan fingerprint density at radius 2 is 1.90 bits per heavy atom. The fourth-order valence-corrected chi connectivity index (χ4v) is 3.44. The van der Waals surface area contributed by atoms with Crippen LogP contribution in [0.3, 0.4) is 0 Å². The zero-order chi connectivity index (χ0) is 22.4. The van der Waals surface area contributed by atoms with E-state index in [2.05, 4.69) is 15.6 Å². The van der Waals surface area contributed by atoms with Gasteiger partial charge in [0.15, 0.2) is 5.13 Å². The van der Waals surface area contributed by atoms with Gasteiger partial charge in [0.05, 0.1) is 19.9 Å². The molecule has 0 saturated heterocycles. The molecule has 0 radical (unpaired) electrons. The molecular weight excluding hydrogens is 421 g/mol. The van der Waals surface area contributed by atoms with Crippen LogP contribution in [0.4, 0.5) is 15.2 Å². The summed E-state index contributed by atoms with van der Waals surface area (Å²) in [6.07, 6.45) is 2.97. The molecule has 0 bridgehead atoms. The Bertz CT molecular complexity index is 1140. The lowest BCUT2D eigenvalue weighted by Gasteiger charge is -2.07. The largest absolute Gasteiger partial charge is 0.497 e. The third-order valence-corrected chi connectivity index (χ3v) is 4.91. The van der Waals surface area contributed by atoms with E-state index < -0.39 is 5.82 Å². The van der Waals surface area contributed by atoms with E-state index in [4.69, 9.17) is 9.47 Å². The number of methoxy groups -OCH3 is 2. The third kappa shape index (κ3) is 5.67. The van der Waals surface area contributed by atoms with Crippen molar-refractivity contribution in [3.8, 4) is 22.8 Å². The van der Waals surface area contributed by atoms with Crippen LogP contribution in [-0.4, -0.2) is 31.0 Å². The number of halogens is 1. The first-order chi connectivity index (χ1) is 14.9. The average molecular weight is 441 g/mol. The average Bonchev–Trinajstić information content (AvgIpc) is 3.19. The van der Waals surface area contributed by atoms with Gasteiger partial charge in [0, 0.05) is 41.3 Å². The number of amides is 2. The molecule has 0 aliphatic carbocycles. The number of nitrogens with zero attached hydrogens (tertiary/aromatic N) is 1. The van der Waals surface area contributed by atoms with Crippen LogP contribution < -0.4 is 20.1 Å². The van der Waals surface area contributed by atoms with E-state index in [1.165, 1.54) is 43.6 Å². The van der Waals surface area contributed by atoms with E-state index in [9.17, 15) is 14.0 Å². The van der Waals surface area contributed by atoms with Crippen molar-refractivity contribution in [2.45, 2.75) is 6.92 Å². The summed E-state index contributed by atoms with van der Waals surface area (Å²) < 4.78 is 24.8. The van der Waals surface area contributed by atoms with Gasteiger partial charge in [0.25, 0.3) is 0 Å². The SMILES string of the molecule is COc1ccc(/C=C/C(=O)Nc2nc(-c3ccc(NC(C)=O)cc3F)cs2)c(OC)c1. The van der Waals surface area contributed by atoms with Gasteiger partial charge in [-0.05, 0) is 36.4 Å². The Kier molecular flexibility index (Phi) is 6.99. The second kappa shape index (κ2) is 9.86. The number of carbonyl (C=O) groups is 2. The van der Waals surface area contributed by atoms with Crippen molar-refractivity contribution in [2.75, 3.05) is 24.9 Å². The number of benzene rings is 2. The van der Waals surface area contributed by atoms with Crippen LogP contribution in [0.5, 0.6) is 11.5 Å². The highest BCUT2D eigenvalue weighted by Crippen LogP contribution is 2.29. The maximum atomic E-state index is 14.4. The summed E-state index contributed by atoms with van der Waals surface area (Å²) in [4.78, 5) is 27.6. The van der Waals surface area contributed by atoms with Crippen LogP contribution in [0.1, 0.15) is 12.5 Å². The summed E-state index contributed by atoms with van der Waals surface area (Å²) in [5, 5.41) is 7.15. The predicted molar refractivity (Wildman–Crippen MR) is 119 cm³/mol. The first kappa shape index (κ1) is 22.0. The van der Waals surface area contributed by atoms with Crippen molar-refractivity contribution < 1.29 is 23.5 Å². The van der Waals surface area contributed by atoms with Gasteiger partial charge in [-0.15, -0.1) is 11.3 Å².